The van der Waals surface area contributed by atoms with E-state index in [4.69, 9.17) is 18.6 Å². The van der Waals surface area contributed by atoms with Crippen molar-refractivity contribution in [2.24, 2.45) is 4.99 Å². The van der Waals surface area contributed by atoms with Crippen molar-refractivity contribution < 1.29 is 23.7 Å². The fourth-order valence-corrected chi connectivity index (χ4v) is 7.12. The molecule has 0 amide bonds. The summed E-state index contributed by atoms with van der Waals surface area (Å²) in [7, 11) is 1.11. The number of ether oxygens (including phenoxy) is 3. The summed E-state index contributed by atoms with van der Waals surface area (Å²) in [5.74, 6) is -0.624. The fraction of sp³-hybridized carbons (Fsp3) is 0.640. The molecular weight excluding hydrogens is 502 g/mol. The summed E-state index contributed by atoms with van der Waals surface area (Å²) < 4.78 is 25.5. The van der Waals surface area contributed by atoms with Crippen molar-refractivity contribution >= 4 is 30.1 Å². The molecule has 1 aliphatic carbocycles. The summed E-state index contributed by atoms with van der Waals surface area (Å²) in [4.78, 5) is 4.43. The van der Waals surface area contributed by atoms with Gasteiger partial charge in [0.15, 0.2) is 8.32 Å². The van der Waals surface area contributed by atoms with E-state index in [1.807, 2.05) is 12.1 Å². The number of methoxy groups -OCH3 is 2. The number of halogens is 1. The summed E-state index contributed by atoms with van der Waals surface area (Å²) in [6.07, 6.45) is 0.970. The molecule has 2 aliphatic heterocycles. The number of aliphatic hydroxyl groups is 1. The summed E-state index contributed by atoms with van der Waals surface area (Å²) >= 11 is 3.71. The molecule has 4 atom stereocenters. The van der Waals surface area contributed by atoms with Gasteiger partial charge in [0.05, 0.1) is 30.4 Å². The first-order valence-electron chi connectivity index (χ1n) is 11.5. The van der Waals surface area contributed by atoms with Gasteiger partial charge in [-0.25, -0.2) is 0 Å². The van der Waals surface area contributed by atoms with Gasteiger partial charge in [0, 0.05) is 23.6 Å². The van der Waals surface area contributed by atoms with Gasteiger partial charge in [0.2, 0.25) is 11.7 Å². The highest BCUT2D eigenvalue weighted by atomic mass is 79.9. The number of rotatable bonds is 4. The van der Waals surface area contributed by atoms with Gasteiger partial charge in [0.1, 0.15) is 5.75 Å². The zero-order chi connectivity index (χ0) is 24.4. The van der Waals surface area contributed by atoms with Crippen LogP contribution in [0.15, 0.2) is 33.2 Å². The zero-order valence-corrected chi connectivity index (χ0v) is 23.5. The van der Waals surface area contributed by atoms with Crippen LogP contribution in [0.2, 0.25) is 18.1 Å². The average Bonchev–Trinajstić information content (AvgIpc) is 3.31. The van der Waals surface area contributed by atoms with Crippen LogP contribution >= 0.6 is 15.9 Å². The Balaban J connectivity index is 1.89. The van der Waals surface area contributed by atoms with Crippen molar-refractivity contribution in [2.45, 2.75) is 82.1 Å². The maximum atomic E-state index is 12.2. The summed E-state index contributed by atoms with van der Waals surface area (Å²) in [5, 5.41) is 12.2. The number of benzene rings is 1. The number of fused-ring (bicyclic) bond motifs is 4. The number of hydrogen-bond donors (Lipinski definition) is 1. The first-order valence-corrected chi connectivity index (χ1v) is 15.2. The maximum absolute atomic E-state index is 12.2. The lowest BCUT2D eigenvalue weighted by Crippen LogP contribution is -2.48. The van der Waals surface area contributed by atoms with Crippen molar-refractivity contribution in [3.8, 4) is 5.75 Å². The molecule has 3 aliphatic rings. The molecule has 1 saturated heterocycles. The molecule has 2 bridgehead atoms. The van der Waals surface area contributed by atoms with E-state index >= 15 is 0 Å². The minimum absolute atomic E-state index is 0.0321. The molecule has 8 heteroatoms. The van der Waals surface area contributed by atoms with Crippen LogP contribution in [0.25, 0.3) is 0 Å². The SMILES string of the molecule is COC1=NCC/C1=C(\Br)[C@]1(O)O[C@]2(C)C[C@H]1c1c(OC)cccc1[C@H]2O[Si](C)(C)C(C)(C)C. The Bertz CT molecular complexity index is 1020. The van der Waals surface area contributed by atoms with E-state index < -0.39 is 19.7 Å². The normalized spacial score (nSPS) is 33.0. The number of aliphatic imine (C=N–C) groups is 1. The minimum Gasteiger partial charge on any atom is -0.496 e. The Hall–Kier alpha value is -1.19. The van der Waals surface area contributed by atoms with E-state index in [2.05, 4.69) is 67.8 Å². The van der Waals surface area contributed by atoms with Crippen molar-refractivity contribution in [3.63, 3.8) is 0 Å². The second-order valence-electron chi connectivity index (χ2n) is 11.0. The second-order valence-corrected chi connectivity index (χ2v) is 16.6. The van der Waals surface area contributed by atoms with E-state index in [1.54, 1.807) is 14.2 Å². The quantitative estimate of drug-likeness (QED) is 0.490. The third-order valence-electron chi connectivity index (χ3n) is 7.84. The Morgan fingerprint density at radius 3 is 2.55 bits per heavy atom. The van der Waals surface area contributed by atoms with E-state index in [0.717, 1.165) is 22.4 Å². The lowest BCUT2D eigenvalue weighted by atomic mass is 9.72. The number of hydrogen-bond acceptors (Lipinski definition) is 6. The molecule has 2 heterocycles. The first kappa shape index (κ1) is 24.9. The molecule has 1 N–H and O–H groups in total. The number of nitrogens with zero attached hydrogens (tertiary/aromatic N) is 1. The van der Waals surface area contributed by atoms with Gasteiger partial charge in [-0.1, -0.05) is 32.9 Å². The topological polar surface area (TPSA) is 69.5 Å². The monoisotopic (exact) mass is 537 g/mol. The van der Waals surface area contributed by atoms with Crippen LogP contribution in [0.3, 0.4) is 0 Å². The summed E-state index contributed by atoms with van der Waals surface area (Å²) in [6.45, 7) is 13.9. The third-order valence-corrected chi connectivity index (χ3v) is 13.3. The zero-order valence-electron chi connectivity index (χ0n) is 20.9. The van der Waals surface area contributed by atoms with Gasteiger partial charge in [0.25, 0.3) is 0 Å². The molecule has 0 aromatic heterocycles. The van der Waals surface area contributed by atoms with Gasteiger partial charge >= 0.3 is 0 Å². The molecule has 0 unspecified atom stereocenters. The molecule has 4 rings (SSSR count). The molecule has 0 radical (unpaired) electrons. The van der Waals surface area contributed by atoms with Crippen molar-refractivity contribution in [3.05, 3.63) is 39.4 Å². The van der Waals surface area contributed by atoms with Crippen molar-refractivity contribution in [1.82, 2.24) is 0 Å². The molecule has 1 fully saturated rings. The van der Waals surface area contributed by atoms with Gasteiger partial charge in [-0.05, 0) is 65.5 Å². The van der Waals surface area contributed by atoms with Crippen LogP contribution in [-0.2, 0) is 13.9 Å². The molecule has 33 heavy (non-hydrogen) atoms. The van der Waals surface area contributed by atoms with Crippen LogP contribution in [0.1, 0.15) is 63.7 Å². The Labute approximate surface area is 206 Å². The van der Waals surface area contributed by atoms with E-state index in [1.165, 1.54) is 0 Å². The molecule has 0 spiro atoms. The predicted octanol–water partition coefficient (Wildman–Crippen LogP) is 5.82. The summed E-state index contributed by atoms with van der Waals surface area (Å²) in [6, 6.07) is 6.03. The fourth-order valence-electron chi connectivity index (χ4n) is 5.08. The first-order chi connectivity index (χ1) is 15.3. The highest BCUT2D eigenvalue weighted by Gasteiger charge is 2.64. The van der Waals surface area contributed by atoms with Crippen LogP contribution in [0, 0.1) is 0 Å². The Morgan fingerprint density at radius 1 is 1.24 bits per heavy atom. The maximum Gasteiger partial charge on any atom is 0.212 e. The Kier molecular flexibility index (Phi) is 6.18. The largest absolute Gasteiger partial charge is 0.496 e. The lowest BCUT2D eigenvalue weighted by Gasteiger charge is -2.45. The van der Waals surface area contributed by atoms with Gasteiger partial charge in [-0.15, -0.1) is 0 Å². The van der Waals surface area contributed by atoms with Gasteiger partial charge in [-0.2, -0.15) is 0 Å². The highest BCUT2D eigenvalue weighted by molar-refractivity contribution is 9.11. The van der Waals surface area contributed by atoms with Gasteiger partial charge < -0.3 is 23.7 Å². The lowest BCUT2D eigenvalue weighted by molar-refractivity contribution is -0.214. The van der Waals surface area contributed by atoms with Crippen LogP contribution in [-0.4, -0.2) is 51.5 Å². The van der Waals surface area contributed by atoms with Crippen molar-refractivity contribution in [1.29, 1.82) is 0 Å². The van der Waals surface area contributed by atoms with Gasteiger partial charge in [-0.3, -0.25) is 4.99 Å². The molecule has 182 valence electrons. The molecular formula is C25H36BrNO5Si. The van der Waals surface area contributed by atoms with Crippen molar-refractivity contribution in [2.75, 3.05) is 20.8 Å². The van der Waals surface area contributed by atoms with E-state index in [-0.39, 0.29) is 17.1 Å². The van der Waals surface area contributed by atoms with Crippen LogP contribution in [0.5, 0.6) is 5.75 Å². The second kappa shape index (κ2) is 8.19. The molecule has 1 aromatic rings. The summed E-state index contributed by atoms with van der Waals surface area (Å²) in [5.41, 5.74) is 2.12. The van der Waals surface area contributed by atoms with Crippen LogP contribution < -0.4 is 4.74 Å². The average molecular weight is 539 g/mol. The molecule has 1 aromatic carbocycles. The standard InChI is InChI=1S/C25H36BrNO5Si/c1-23(2,3)33(7,8)31-21-15-10-9-11-18(29-5)19(15)17-14-24(21,4)32-25(17,28)20(26)16-12-13-27-22(16)30-6/h9-11,17,21,28H,12-14H2,1-8H3/b20-16+/t17-,21+,24+,25+/m0/s1. The third kappa shape index (κ3) is 3.82. The van der Waals surface area contributed by atoms with Crippen LogP contribution in [0.4, 0.5) is 0 Å². The van der Waals surface area contributed by atoms with E-state index in [0.29, 0.717) is 29.8 Å². The molecule has 6 nitrogen and oxygen atoms in total. The minimum atomic E-state index is -2.16. The highest BCUT2D eigenvalue weighted by Crippen LogP contribution is 2.64. The predicted molar refractivity (Wildman–Crippen MR) is 136 cm³/mol. The Morgan fingerprint density at radius 2 is 1.94 bits per heavy atom. The molecule has 0 saturated carbocycles. The smallest absolute Gasteiger partial charge is 0.212 e. The van der Waals surface area contributed by atoms with E-state index in [9.17, 15) is 5.11 Å².